The molecule has 3 rings (SSSR count). The van der Waals surface area contributed by atoms with Crippen LogP contribution < -0.4 is 11.1 Å². The van der Waals surface area contributed by atoms with E-state index in [0.717, 1.165) is 27.9 Å². The van der Waals surface area contributed by atoms with E-state index in [2.05, 4.69) is 15.4 Å². The van der Waals surface area contributed by atoms with E-state index < -0.39 is 0 Å². The van der Waals surface area contributed by atoms with E-state index in [1.54, 1.807) is 29.3 Å². The molecule has 0 aliphatic rings. The van der Waals surface area contributed by atoms with Gasteiger partial charge in [-0.05, 0) is 35.4 Å². The quantitative estimate of drug-likeness (QED) is 0.703. The first-order valence-electron chi connectivity index (χ1n) is 7.87. The van der Waals surface area contributed by atoms with Gasteiger partial charge >= 0.3 is 0 Å². The number of amides is 1. The highest BCUT2D eigenvalue weighted by Crippen LogP contribution is 2.23. The maximum absolute atomic E-state index is 12.1. The van der Waals surface area contributed by atoms with E-state index in [1.165, 1.54) is 6.08 Å². The standard InChI is InChI=1S/C19H19N5O/c1-24-13-16(12-22-24)18-8-9-21-11-15(18)4-7-19(25)23-17-5-2-14(10-20)3-6-17/h2-9,11-13H,10,20H2,1H3,(H,23,25). The summed E-state index contributed by atoms with van der Waals surface area (Å²) in [5.74, 6) is -0.207. The summed E-state index contributed by atoms with van der Waals surface area (Å²) in [6.07, 6.45) is 10.4. The Labute approximate surface area is 146 Å². The summed E-state index contributed by atoms with van der Waals surface area (Å²) in [4.78, 5) is 16.3. The Morgan fingerprint density at radius 3 is 2.72 bits per heavy atom. The summed E-state index contributed by atoms with van der Waals surface area (Å²) in [6.45, 7) is 0.478. The van der Waals surface area contributed by atoms with Gasteiger partial charge in [-0.15, -0.1) is 0 Å². The fourth-order valence-corrected chi connectivity index (χ4v) is 2.44. The Balaban J connectivity index is 1.74. The number of benzene rings is 1. The largest absolute Gasteiger partial charge is 0.326 e. The molecular formula is C19H19N5O. The van der Waals surface area contributed by atoms with Crippen LogP contribution in [0.25, 0.3) is 17.2 Å². The first kappa shape index (κ1) is 16.6. The third-order valence-electron chi connectivity index (χ3n) is 3.74. The molecule has 25 heavy (non-hydrogen) atoms. The van der Waals surface area contributed by atoms with Gasteiger partial charge in [0, 0.05) is 55.1 Å². The van der Waals surface area contributed by atoms with Gasteiger partial charge in [0.05, 0.1) is 6.20 Å². The average Bonchev–Trinajstić information content (AvgIpc) is 3.07. The highest BCUT2D eigenvalue weighted by Gasteiger charge is 2.05. The normalized spacial score (nSPS) is 11.0. The smallest absolute Gasteiger partial charge is 0.248 e. The lowest BCUT2D eigenvalue weighted by Crippen LogP contribution is -2.08. The molecule has 0 unspecified atom stereocenters. The van der Waals surface area contributed by atoms with Crippen molar-refractivity contribution in [3.8, 4) is 11.1 Å². The molecule has 0 spiro atoms. The van der Waals surface area contributed by atoms with Gasteiger partial charge in [0.2, 0.25) is 5.91 Å². The number of hydrogen-bond donors (Lipinski definition) is 2. The van der Waals surface area contributed by atoms with E-state index in [0.29, 0.717) is 6.54 Å². The molecular weight excluding hydrogens is 314 g/mol. The lowest BCUT2D eigenvalue weighted by Gasteiger charge is -2.04. The van der Waals surface area contributed by atoms with Gasteiger partial charge in [-0.2, -0.15) is 5.10 Å². The molecule has 0 aliphatic carbocycles. The monoisotopic (exact) mass is 333 g/mol. The molecule has 6 heteroatoms. The minimum absolute atomic E-state index is 0.207. The van der Waals surface area contributed by atoms with Crippen LogP contribution in [0.3, 0.4) is 0 Å². The summed E-state index contributed by atoms with van der Waals surface area (Å²) < 4.78 is 1.74. The Morgan fingerprint density at radius 2 is 2.04 bits per heavy atom. The molecule has 3 aromatic rings. The van der Waals surface area contributed by atoms with Crippen molar-refractivity contribution in [2.75, 3.05) is 5.32 Å². The maximum atomic E-state index is 12.1. The van der Waals surface area contributed by atoms with Gasteiger partial charge in [-0.1, -0.05) is 12.1 Å². The number of carbonyl (C=O) groups excluding carboxylic acids is 1. The number of nitrogens with one attached hydrogen (secondary N) is 1. The summed E-state index contributed by atoms with van der Waals surface area (Å²) in [5.41, 5.74) is 10.1. The SMILES string of the molecule is Cn1cc(-c2ccncc2C=CC(=O)Nc2ccc(CN)cc2)cn1. The number of pyridine rings is 1. The molecule has 2 heterocycles. The van der Waals surface area contributed by atoms with E-state index in [9.17, 15) is 4.79 Å². The lowest BCUT2D eigenvalue weighted by atomic mass is 10.0. The number of nitrogens with two attached hydrogens (primary N) is 1. The van der Waals surface area contributed by atoms with Crippen LogP contribution in [0.15, 0.2) is 61.2 Å². The van der Waals surface area contributed by atoms with Crippen LogP contribution in [0, 0.1) is 0 Å². The number of rotatable bonds is 5. The van der Waals surface area contributed by atoms with E-state index in [-0.39, 0.29) is 5.91 Å². The van der Waals surface area contributed by atoms with Crippen LogP contribution in [-0.2, 0) is 18.4 Å². The van der Waals surface area contributed by atoms with Crippen molar-refractivity contribution in [2.45, 2.75) is 6.54 Å². The number of aryl methyl sites for hydroxylation is 1. The third kappa shape index (κ3) is 4.19. The predicted molar refractivity (Wildman–Crippen MR) is 98.4 cm³/mol. The van der Waals surface area contributed by atoms with Gasteiger partial charge < -0.3 is 11.1 Å². The summed E-state index contributed by atoms with van der Waals surface area (Å²) in [5, 5.41) is 7.01. The van der Waals surface area contributed by atoms with Crippen molar-refractivity contribution >= 4 is 17.7 Å². The van der Waals surface area contributed by atoms with Crippen molar-refractivity contribution in [1.82, 2.24) is 14.8 Å². The zero-order chi connectivity index (χ0) is 17.6. The van der Waals surface area contributed by atoms with Gasteiger partial charge in [0.1, 0.15) is 0 Å². The van der Waals surface area contributed by atoms with Crippen LogP contribution in [0.2, 0.25) is 0 Å². The van der Waals surface area contributed by atoms with Crippen molar-refractivity contribution in [3.63, 3.8) is 0 Å². The molecule has 6 nitrogen and oxygen atoms in total. The molecule has 0 radical (unpaired) electrons. The molecule has 0 bridgehead atoms. The Bertz CT molecular complexity index is 896. The second-order valence-electron chi connectivity index (χ2n) is 5.59. The Morgan fingerprint density at radius 1 is 1.24 bits per heavy atom. The fourth-order valence-electron chi connectivity index (χ4n) is 2.44. The number of hydrogen-bond acceptors (Lipinski definition) is 4. The zero-order valence-electron chi connectivity index (χ0n) is 13.9. The van der Waals surface area contributed by atoms with Gasteiger partial charge in [0.15, 0.2) is 0 Å². The molecule has 3 N–H and O–H groups in total. The van der Waals surface area contributed by atoms with Gasteiger partial charge in [-0.25, -0.2) is 0 Å². The van der Waals surface area contributed by atoms with E-state index in [4.69, 9.17) is 5.73 Å². The molecule has 0 saturated carbocycles. The number of carbonyl (C=O) groups is 1. The number of anilines is 1. The number of nitrogens with zero attached hydrogens (tertiary/aromatic N) is 3. The van der Waals surface area contributed by atoms with Crippen LogP contribution in [0.1, 0.15) is 11.1 Å². The molecule has 0 atom stereocenters. The molecule has 0 saturated heterocycles. The molecule has 1 amide bonds. The highest BCUT2D eigenvalue weighted by atomic mass is 16.1. The minimum Gasteiger partial charge on any atom is -0.326 e. The van der Waals surface area contributed by atoms with E-state index >= 15 is 0 Å². The third-order valence-corrected chi connectivity index (χ3v) is 3.74. The van der Waals surface area contributed by atoms with Crippen LogP contribution >= 0.6 is 0 Å². The van der Waals surface area contributed by atoms with Gasteiger partial charge in [-0.3, -0.25) is 14.5 Å². The second-order valence-corrected chi connectivity index (χ2v) is 5.59. The molecule has 2 aromatic heterocycles. The van der Waals surface area contributed by atoms with Crippen molar-refractivity contribution < 1.29 is 4.79 Å². The van der Waals surface area contributed by atoms with Crippen LogP contribution in [-0.4, -0.2) is 20.7 Å². The van der Waals surface area contributed by atoms with Crippen LogP contribution in [0.4, 0.5) is 5.69 Å². The predicted octanol–water partition coefficient (Wildman–Crippen LogP) is 2.59. The summed E-state index contributed by atoms with van der Waals surface area (Å²) in [7, 11) is 1.86. The fraction of sp³-hybridized carbons (Fsp3) is 0.105. The topological polar surface area (TPSA) is 85.8 Å². The second kappa shape index (κ2) is 7.55. The molecule has 126 valence electrons. The van der Waals surface area contributed by atoms with Gasteiger partial charge in [0.25, 0.3) is 0 Å². The average molecular weight is 333 g/mol. The van der Waals surface area contributed by atoms with E-state index in [1.807, 2.05) is 43.6 Å². The summed E-state index contributed by atoms with van der Waals surface area (Å²) >= 11 is 0. The lowest BCUT2D eigenvalue weighted by molar-refractivity contribution is -0.111. The molecule has 0 fully saturated rings. The Kier molecular flexibility index (Phi) is 5.01. The molecule has 1 aromatic carbocycles. The molecule has 0 aliphatic heterocycles. The first-order chi connectivity index (χ1) is 12.2. The number of aromatic nitrogens is 3. The first-order valence-corrected chi connectivity index (χ1v) is 7.87. The minimum atomic E-state index is -0.207. The zero-order valence-corrected chi connectivity index (χ0v) is 13.9. The van der Waals surface area contributed by atoms with Crippen molar-refractivity contribution in [2.24, 2.45) is 12.8 Å². The van der Waals surface area contributed by atoms with Crippen molar-refractivity contribution in [3.05, 3.63) is 72.3 Å². The summed E-state index contributed by atoms with van der Waals surface area (Å²) in [6, 6.07) is 9.35. The Hall–Kier alpha value is -3.25. The van der Waals surface area contributed by atoms with Crippen molar-refractivity contribution in [1.29, 1.82) is 0 Å². The van der Waals surface area contributed by atoms with Crippen LogP contribution in [0.5, 0.6) is 0 Å². The highest BCUT2D eigenvalue weighted by molar-refractivity contribution is 6.02. The maximum Gasteiger partial charge on any atom is 0.248 e.